The van der Waals surface area contributed by atoms with E-state index in [9.17, 15) is 13.2 Å². The second-order valence-corrected chi connectivity index (χ2v) is 9.25. The molecule has 1 aliphatic heterocycles. The quantitative estimate of drug-likeness (QED) is 0.619. The van der Waals surface area contributed by atoms with Gasteiger partial charge in [-0.15, -0.1) is 0 Å². The van der Waals surface area contributed by atoms with E-state index in [1.807, 2.05) is 18.2 Å². The van der Waals surface area contributed by atoms with Crippen molar-refractivity contribution in [3.05, 3.63) is 53.1 Å². The van der Waals surface area contributed by atoms with Crippen molar-refractivity contribution in [3.8, 4) is 5.75 Å². The number of morpholine rings is 1. The van der Waals surface area contributed by atoms with Crippen LogP contribution in [-0.2, 0) is 19.6 Å². The lowest BCUT2D eigenvalue weighted by atomic mass is 10.0. The van der Waals surface area contributed by atoms with Gasteiger partial charge in [-0.05, 0) is 29.8 Å². The van der Waals surface area contributed by atoms with Gasteiger partial charge in [0.05, 0.1) is 30.9 Å². The van der Waals surface area contributed by atoms with Crippen molar-refractivity contribution in [2.45, 2.75) is 17.9 Å². The number of rotatable bonds is 8. The Balaban J connectivity index is 1.85. The molecule has 1 amide bonds. The van der Waals surface area contributed by atoms with Crippen LogP contribution in [0.25, 0.3) is 0 Å². The summed E-state index contributed by atoms with van der Waals surface area (Å²) in [5.74, 6) is 0.0447. The third kappa shape index (κ3) is 5.96. The molecule has 3 rings (SSSR count). The maximum absolute atomic E-state index is 13.0. The van der Waals surface area contributed by atoms with Gasteiger partial charge in [0.15, 0.2) is 0 Å². The van der Waals surface area contributed by atoms with Crippen LogP contribution in [0.3, 0.4) is 0 Å². The number of amides is 1. The van der Waals surface area contributed by atoms with Gasteiger partial charge in [-0.1, -0.05) is 29.8 Å². The smallest absolute Gasteiger partial charge is 0.240 e. The lowest BCUT2D eigenvalue weighted by Crippen LogP contribution is -2.43. The molecule has 0 saturated carbocycles. The monoisotopic (exact) mass is 467 g/mol. The predicted molar refractivity (Wildman–Crippen MR) is 119 cm³/mol. The van der Waals surface area contributed by atoms with Gasteiger partial charge in [0.1, 0.15) is 5.75 Å². The first-order valence-electron chi connectivity index (χ1n) is 9.83. The molecule has 31 heavy (non-hydrogen) atoms. The summed E-state index contributed by atoms with van der Waals surface area (Å²) in [6.45, 7) is 3.97. The Morgan fingerprint density at radius 3 is 2.58 bits per heavy atom. The van der Waals surface area contributed by atoms with Crippen molar-refractivity contribution >= 4 is 33.2 Å². The molecule has 1 fully saturated rings. The molecule has 2 aromatic rings. The van der Waals surface area contributed by atoms with E-state index in [-0.39, 0.29) is 29.1 Å². The molecule has 1 aliphatic rings. The van der Waals surface area contributed by atoms with Crippen LogP contribution in [0.5, 0.6) is 5.75 Å². The highest BCUT2D eigenvalue weighted by atomic mass is 35.5. The number of nitrogens with one attached hydrogen (secondary N) is 2. The van der Waals surface area contributed by atoms with Crippen LogP contribution in [0.15, 0.2) is 47.4 Å². The van der Waals surface area contributed by atoms with Crippen molar-refractivity contribution in [2.75, 3.05) is 45.3 Å². The van der Waals surface area contributed by atoms with E-state index in [1.54, 1.807) is 6.07 Å². The van der Waals surface area contributed by atoms with E-state index in [0.717, 1.165) is 5.56 Å². The summed E-state index contributed by atoms with van der Waals surface area (Å²) in [5, 5.41) is 3.17. The molecule has 0 aromatic heterocycles. The van der Waals surface area contributed by atoms with Crippen LogP contribution in [-0.4, -0.2) is 59.2 Å². The molecule has 1 saturated heterocycles. The van der Waals surface area contributed by atoms with Crippen molar-refractivity contribution < 1.29 is 22.7 Å². The van der Waals surface area contributed by atoms with E-state index < -0.39 is 10.0 Å². The molecule has 1 atom stereocenters. The topological polar surface area (TPSA) is 97.0 Å². The van der Waals surface area contributed by atoms with Crippen LogP contribution in [0.1, 0.15) is 18.5 Å². The van der Waals surface area contributed by atoms with Gasteiger partial charge < -0.3 is 14.8 Å². The van der Waals surface area contributed by atoms with E-state index in [0.29, 0.717) is 37.1 Å². The average molecular weight is 468 g/mol. The normalized spacial score (nSPS) is 16.0. The predicted octanol–water partition coefficient (Wildman–Crippen LogP) is 2.66. The minimum Gasteiger partial charge on any atom is -0.495 e. The molecule has 10 heteroatoms. The standard InChI is InChI=1S/C21H26ClN3O5S/c1-15(26)24-19-13-16(7-8-21(19)29-2)31(27,28)23-14-20(25-9-11-30-12-10-25)17-5-3-4-6-18(17)22/h3-8,13,20,23H,9-12,14H2,1-2H3,(H,24,26)/t20-/m0/s1. The zero-order valence-corrected chi connectivity index (χ0v) is 19.0. The SMILES string of the molecule is COc1ccc(S(=O)(=O)NC[C@@H](c2ccccc2Cl)N2CCOCC2)cc1NC(C)=O. The lowest BCUT2D eigenvalue weighted by Gasteiger charge is -2.35. The second-order valence-electron chi connectivity index (χ2n) is 7.08. The molecule has 0 spiro atoms. The number of halogens is 1. The largest absolute Gasteiger partial charge is 0.495 e. The van der Waals surface area contributed by atoms with Gasteiger partial charge in [-0.3, -0.25) is 9.69 Å². The molecular formula is C21H26ClN3O5S. The van der Waals surface area contributed by atoms with Crippen molar-refractivity contribution in [3.63, 3.8) is 0 Å². The minimum absolute atomic E-state index is 0.0249. The molecule has 2 aromatic carbocycles. The first-order chi connectivity index (χ1) is 14.8. The summed E-state index contributed by atoms with van der Waals surface area (Å²) in [5.41, 5.74) is 1.14. The van der Waals surface area contributed by atoms with Crippen LogP contribution in [0.4, 0.5) is 5.69 Å². The molecule has 2 N–H and O–H groups in total. The number of sulfonamides is 1. The highest BCUT2D eigenvalue weighted by Crippen LogP contribution is 2.30. The summed E-state index contributed by atoms with van der Waals surface area (Å²) in [6.07, 6.45) is 0. The number of carbonyl (C=O) groups is 1. The first-order valence-corrected chi connectivity index (χ1v) is 11.7. The molecular weight excluding hydrogens is 442 g/mol. The number of nitrogens with zero attached hydrogens (tertiary/aromatic N) is 1. The zero-order valence-electron chi connectivity index (χ0n) is 17.4. The Morgan fingerprint density at radius 2 is 1.94 bits per heavy atom. The molecule has 0 bridgehead atoms. The lowest BCUT2D eigenvalue weighted by molar-refractivity contribution is -0.114. The Hall–Kier alpha value is -2.17. The maximum Gasteiger partial charge on any atom is 0.240 e. The number of hydrogen-bond acceptors (Lipinski definition) is 6. The highest BCUT2D eigenvalue weighted by Gasteiger charge is 2.27. The summed E-state index contributed by atoms with van der Waals surface area (Å²) in [7, 11) is -2.41. The fourth-order valence-electron chi connectivity index (χ4n) is 3.48. The number of carbonyl (C=O) groups excluding carboxylic acids is 1. The Morgan fingerprint density at radius 1 is 1.23 bits per heavy atom. The molecule has 0 radical (unpaired) electrons. The van der Waals surface area contributed by atoms with Crippen molar-refractivity contribution in [1.29, 1.82) is 0 Å². The number of ether oxygens (including phenoxy) is 2. The Labute approximate surface area is 187 Å². The third-order valence-corrected chi connectivity index (χ3v) is 6.77. The van der Waals surface area contributed by atoms with E-state index in [1.165, 1.54) is 32.2 Å². The highest BCUT2D eigenvalue weighted by molar-refractivity contribution is 7.89. The zero-order chi connectivity index (χ0) is 22.4. The molecule has 168 valence electrons. The molecule has 1 heterocycles. The third-order valence-electron chi connectivity index (χ3n) is 5.01. The van der Waals surface area contributed by atoms with E-state index in [2.05, 4.69) is 14.9 Å². The fraction of sp³-hybridized carbons (Fsp3) is 0.381. The Bertz CT molecular complexity index is 1030. The van der Waals surface area contributed by atoms with Gasteiger partial charge in [-0.25, -0.2) is 13.1 Å². The molecule has 0 aliphatic carbocycles. The van der Waals surface area contributed by atoms with Crippen molar-refractivity contribution in [2.24, 2.45) is 0 Å². The van der Waals surface area contributed by atoms with E-state index in [4.69, 9.17) is 21.1 Å². The van der Waals surface area contributed by atoms with Crippen LogP contribution in [0.2, 0.25) is 5.02 Å². The molecule has 8 nitrogen and oxygen atoms in total. The van der Waals surface area contributed by atoms with Gasteiger partial charge in [0.25, 0.3) is 0 Å². The number of hydrogen-bond donors (Lipinski definition) is 2. The summed E-state index contributed by atoms with van der Waals surface area (Å²) in [4.78, 5) is 13.6. The number of anilines is 1. The van der Waals surface area contributed by atoms with Gasteiger partial charge in [0.2, 0.25) is 15.9 Å². The van der Waals surface area contributed by atoms with Gasteiger partial charge in [0, 0.05) is 37.6 Å². The van der Waals surface area contributed by atoms with Gasteiger partial charge >= 0.3 is 0 Å². The molecule has 0 unspecified atom stereocenters. The minimum atomic E-state index is -3.86. The number of methoxy groups -OCH3 is 1. The van der Waals surface area contributed by atoms with Gasteiger partial charge in [-0.2, -0.15) is 0 Å². The number of benzene rings is 2. The Kier molecular flexibility index (Phi) is 7.90. The second kappa shape index (κ2) is 10.4. The van der Waals surface area contributed by atoms with Crippen molar-refractivity contribution in [1.82, 2.24) is 9.62 Å². The summed E-state index contributed by atoms with van der Waals surface area (Å²) in [6, 6.07) is 11.5. The fourth-order valence-corrected chi connectivity index (χ4v) is 4.81. The van der Waals surface area contributed by atoms with E-state index >= 15 is 0 Å². The summed E-state index contributed by atoms with van der Waals surface area (Å²) >= 11 is 6.42. The maximum atomic E-state index is 13.0. The first kappa shape index (κ1) is 23.5. The average Bonchev–Trinajstić information content (AvgIpc) is 2.75. The van der Waals surface area contributed by atoms with Crippen LogP contribution in [0, 0.1) is 0 Å². The summed E-state index contributed by atoms with van der Waals surface area (Å²) < 4.78 is 39.4. The van der Waals surface area contributed by atoms with Crippen LogP contribution < -0.4 is 14.8 Å². The van der Waals surface area contributed by atoms with Crippen LogP contribution >= 0.6 is 11.6 Å².